The van der Waals surface area contributed by atoms with Crippen molar-refractivity contribution in [2.45, 2.75) is 44.9 Å². The van der Waals surface area contributed by atoms with Gasteiger partial charge in [0.05, 0.1) is 17.5 Å². The number of nitrogens with one attached hydrogen (secondary N) is 2. The lowest BCUT2D eigenvalue weighted by Gasteiger charge is -2.35. The summed E-state index contributed by atoms with van der Waals surface area (Å²) in [5.74, 6) is -0.783. The molecule has 0 saturated heterocycles. The molecule has 1 aliphatic carbocycles. The van der Waals surface area contributed by atoms with Crippen LogP contribution in [0.4, 0.5) is 0 Å². The third-order valence-electron chi connectivity index (χ3n) is 6.13. The Hall–Kier alpha value is -3.49. The fourth-order valence-corrected chi connectivity index (χ4v) is 4.43. The fraction of sp³-hybridized carbons (Fsp3) is 0.320. The summed E-state index contributed by atoms with van der Waals surface area (Å²) in [7, 11) is 0. The second kappa shape index (κ2) is 9.97. The number of pyridine rings is 1. The van der Waals surface area contributed by atoms with Gasteiger partial charge in [-0.3, -0.25) is 19.8 Å². The number of ether oxygens (including phenoxy) is 1. The van der Waals surface area contributed by atoms with E-state index < -0.39 is 17.9 Å². The molecule has 5 N–H and O–H groups in total. The minimum atomic E-state index is -0.566. The highest BCUT2D eigenvalue weighted by molar-refractivity contribution is 5.95. The Balaban J connectivity index is 1.42. The van der Waals surface area contributed by atoms with E-state index in [0.29, 0.717) is 30.8 Å². The Bertz CT molecular complexity index is 1150. The summed E-state index contributed by atoms with van der Waals surface area (Å²) in [4.78, 5) is 29.3. The van der Waals surface area contributed by atoms with Crippen LogP contribution < -0.4 is 21.3 Å². The van der Waals surface area contributed by atoms with E-state index >= 15 is 0 Å². The lowest BCUT2D eigenvalue weighted by Crippen LogP contribution is -2.57. The molecule has 33 heavy (non-hydrogen) atoms. The topological polar surface area (TPSA) is 127 Å². The van der Waals surface area contributed by atoms with Crippen LogP contribution in [0.2, 0.25) is 0 Å². The van der Waals surface area contributed by atoms with E-state index in [1.807, 2.05) is 37.3 Å². The first kappa shape index (κ1) is 22.7. The van der Waals surface area contributed by atoms with E-state index in [2.05, 4.69) is 10.3 Å². The number of hydrogen-bond donors (Lipinski definition) is 4. The van der Waals surface area contributed by atoms with Crippen LogP contribution in [-0.2, 0) is 11.4 Å². The number of fused-ring (bicyclic) bond motifs is 1. The van der Waals surface area contributed by atoms with Gasteiger partial charge in [0.1, 0.15) is 12.4 Å². The van der Waals surface area contributed by atoms with Gasteiger partial charge in [-0.15, -0.1) is 0 Å². The van der Waals surface area contributed by atoms with Gasteiger partial charge in [-0.25, -0.2) is 5.48 Å². The molecule has 8 heteroatoms. The van der Waals surface area contributed by atoms with Gasteiger partial charge in [0.15, 0.2) is 0 Å². The van der Waals surface area contributed by atoms with Gasteiger partial charge in [0, 0.05) is 28.2 Å². The molecule has 1 aromatic heterocycles. The number of nitrogens with zero attached hydrogens (tertiary/aromatic N) is 1. The van der Waals surface area contributed by atoms with E-state index in [-0.39, 0.29) is 11.9 Å². The van der Waals surface area contributed by atoms with Crippen LogP contribution in [0, 0.1) is 12.8 Å². The molecule has 0 unspecified atom stereocenters. The summed E-state index contributed by atoms with van der Waals surface area (Å²) in [6, 6.07) is 15.9. The number of amides is 2. The lowest BCUT2D eigenvalue weighted by molar-refractivity contribution is -0.135. The number of hydrogen-bond acceptors (Lipinski definition) is 6. The molecule has 1 aliphatic rings. The Kier molecular flexibility index (Phi) is 6.86. The second-order valence-electron chi connectivity index (χ2n) is 8.43. The van der Waals surface area contributed by atoms with Crippen molar-refractivity contribution in [2.24, 2.45) is 11.7 Å². The summed E-state index contributed by atoms with van der Waals surface area (Å²) in [6.07, 6.45) is 2.03. The Morgan fingerprint density at radius 1 is 1.15 bits per heavy atom. The van der Waals surface area contributed by atoms with Crippen molar-refractivity contribution in [3.8, 4) is 5.75 Å². The average molecular weight is 449 g/mol. The molecule has 3 atom stereocenters. The van der Waals surface area contributed by atoms with Crippen LogP contribution in [0.25, 0.3) is 10.9 Å². The summed E-state index contributed by atoms with van der Waals surface area (Å²) in [5, 5.41) is 12.9. The average Bonchev–Trinajstić information content (AvgIpc) is 2.83. The molecule has 3 aromatic rings. The highest BCUT2D eigenvalue weighted by Gasteiger charge is 2.36. The molecule has 0 radical (unpaired) electrons. The summed E-state index contributed by atoms with van der Waals surface area (Å²) >= 11 is 0. The van der Waals surface area contributed by atoms with Crippen LogP contribution in [0.15, 0.2) is 54.6 Å². The molecule has 0 spiro atoms. The highest BCUT2D eigenvalue weighted by atomic mass is 16.5. The Labute approximate surface area is 192 Å². The van der Waals surface area contributed by atoms with Crippen molar-refractivity contribution in [3.63, 3.8) is 0 Å². The number of carbonyl (C=O) groups is 2. The maximum Gasteiger partial charge on any atom is 0.251 e. The van der Waals surface area contributed by atoms with Gasteiger partial charge in [0.25, 0.3) is 5.91 Å². The number of aromatic nitrogens is 1. The number of hydroxylamine groups is 1. The molecule has 4 rings (SSSR count). The summed E-state index contributed by atoms with van der Waals surface area (Å²) in [6.45, 7) is 2.33. The van der Waals surface area contributed by atoms with Gasteiger partial charge >= 0.3 is 0 Å². The van der Waals surface area contributed by atoms with Crippen molar-refractivity contribution < 1.29 is 19.5 Å². The van der Waals surface area contributed by atoms with Gasteiger partial charge in [-0.1, -0.05) is 24.6 Å². The van der Waals surface area contributed by atoms with E-state index in [4.69, 9.17) is 15.7 Å². The van der Waals surface area contributed by atoms with E-state index in [0.717, 1.165) is 28.6 Å². The molecule has 0 bridgehead atoms. The zero-order chi connectivity index (χ0) is 23.4. The van der Waals surface area contributed by atoms with Gasteiger partial charge in [-0.2, -0.15) is 0 Å². The van der Waals surface area contributed by atoms with Crippen LogP contribution in [-0.4, -0.2) is 34.1 Å². The fourth-order valence-electron chi connectivity index (χ4n) is 4.43. The van der Waals surface area contributed by atoms with Crippen molar-refractivity contribution in [1.82, 2.24) is 15.8 Å². The number of nitrogens with two attached hydrogens (primary N) is 1. The molecule has 1 heterocycles. The SMILES string of the molecule is Cc1cc(COc2ccc(C(=O)N[C@H]3[C@@H](N)CCC[C@H]3C(=O)NO)cc2)c2ccccc2n1. The van der Waals surface area contributed by atoms with E-state index in [1.165, 1.54) is 0 Å². The van der Waals surface area contributed by atoms with E-state index in [1.54, 1.807) is 29.7 Å². The second-order valence-corrected chi connectivity index (χ2v) is 8.43. The summed E-state index contributed by atoms with van der Waals surface area (Å²) in [5.41, 5.74) is 11.2. The number of benzene rings is 2. The van der Waals surface area contributed by atoms with Crippen LogP contribution in [0.3, 0.4) is 0 Å². The molecule has 2 amide bonds. The normalized spacial score (nSPS) is 20.3. The molecule has 172 valence electrons. The van der Waals surface area contributed by atoms with Gasteiger partial charge in [-0.05, 0) is 56.2 Å². The van der Waals surface area contributed by atoms with Crippen LogP contribution in [0.5, 0.6) is 5.75 Å². The van der Waals surface area contributed by atoms with Crippen molar-refractivity contribution >= 4 is 22.7 Å². The minimum Gasteiger partial charge on any atom is -0.489 e. The molecule has 8 nitrogen and oxygen atoms in total. The quantitative estimate of drug-likeness (QED) is 0.339. The Morgan fingerprint density at radius 3 is 2.67 bits per heavy atom. The standard InChI is InChI=1S/C25H28N4O4/c1-15-13-17(19-5-2-3-8-22(19)27-15)14-33-18-11-9-16(10-12-18)24(30)28-23-20(25(31)29-32)6-4-7-21(23)26/h2-3,5,8-13,20-21,23,32H,4,6-7,14,26H2,1H3,(H,28,30)(H,29,31)/t20-,21+,23-/m1/s1. The maximum atomic E-state index is 12.8. The summed E-state index contributed by atoms with van der Waals surface area (Å²) < 4.78 is 5.96. The molecule has 2 aromatic carbocycles. The molecular formula is C25H28N4O4. The third kappa shape index (κ3) is 5.13. The van der Waals surface area contributed by atoms with Crippen molar-refractivity contribution in [1.29, 1.82) is 0 Å². The Morgan fingerprint density at radius 2 is 1.91 bits per heavy atom. The maximum absolute atomic E-state index is 12.8. The van der Waals surface area contributed by atoms with Gasteiger partial charge in [0.2, 0.25) is 5.91 Å². The highest BCUT2D eigenvalue weighted by Crippen LogP contribution is 2.25. The molecule has 1 saturated carbocycles. The van der Waals surface area contributed by atoms with Gasteiger partial charge < -0.3 is 15.8 Å². The zero-order valence-electron chi connectivity index (χ0n) is 18.5. The van der Waals surface area contributed by atoms with Crippen LogP contribution >= 0.6 is 0 Å². The molecule has 1 fully saturated rings. The number of carbonyl (C=O) groups excluding carboxylic acids is 2. The number of para-hydroxylation sites is 1. The number of aryl methyl sites for hydroxylation is 1. The smallest absolute Gasteiger partial charge is 0.251 e. The minimum absolute atomic E-state index is 0.324. The molecule has 0 aliphatic heterocycles. The largest absolute Gasteiger partial charge is 0.489 e. The van der Waals surface area contributed by atoms with E-state index in [9.17, 15) is 9.59 Å². The number of rotatable bonds is 6. The van der Waals surface area contributed by atoms with Crippen LogP contribution in [0.1, 0.15) is 40.9 Å². The van der Waals surface area contributed by atoms with Crippen molar-refractivity contribution in [2.75, 3.05) is 0 Å². The first-order valence-electron chi connectivity index (χ1n) is 11.0. The first-order valence-corrected chi connectivity index (χ1v) is 11.0. The first-order chi connectivity index (χ1) is 16.0. The monoisotopic (exact) mass is 448 g/mol. The zero-order valence-corrected chi connectivity index (χ0v) is 18.5. The predicted octanol–water partition coefficient (Wildman–Crippen LogP) is 2.85. The molecular weight excluding hydrogens is 420 g/mol. The lowest BCUT2D eigenvalue weighted by atomic mass is 9.80. The predicted molar refractivity (Wildman–Crippen MR) is 124 cm³/mol. The third-order valence-corrected chi connectivity index (χ3v) is 6.13. The van der Waals surface area contributed by atoms with Crippen molar-refractivity contribution in [3.05, 3.63) is 71.4 Å².